The van der Waals surface area contributed by atoms with Crippen molar-refractivity contribution in [2.45, 2.75) is 25.8 Å². The van der Waals surface area contributed by atoms with Gasteiger partial charge in [0.05, 0.1) is 29.1 Å². The Morgan fingerprint density at radius 2 is 1.95 bits per heavy atom. The Kier molecular flexibility index (Phi) is 3.35. The second-order valence-corrected chi connectivity index (χ2v) is 5.58. The van der Waals surface area contributed by atoms with Gasteiger partial charge in [-0.15, -0.1) is 0 Å². The first kappa shape index (κ1) is 13.3. The van der Waals surface area contributed by atoms with Crippen LogP contribution in [-0.4, -0.2) is 21.7 Å². The molecule has 3 rings (SSSR count). The van der Waals surface area contributed by atoms with Gasteiger partial charge < -0.3 is 5.43 Å². The fraction of sp³-hybridized carbons (Fsp3) is 0.462. The van der Waals surface area contributed by atoms with Gasteiger partial charge in [0.15, 0.2) is 0 Å². The zero-order valence-electron chi connectivity index (χ0n) is 10.8. The lowest BCUT2D eigenvalue weighted by molar-refractivity contribution is -0.141. The topological polar surface area (TPSA) is 88.3 Å². The largest absolute Gasteiger partial charge is 0.308 e. The fourth-order valence-electron chi connectivity index (χ4n) is 3.04. The molecule has 2 aliphatic rings. The summed E-state index contributed by atoms with van der Waals surface area (Å²) in [5.41, 5.74) is 2.90. The summed E-state index contributed by atoms with van der Waals surface area (Å²) >= 11 is 6.07. The molecule has 7 heteroatoms. The molecule has 0 radical (unpaired) electrons. The van der Waals surface area contributed by atoms with Gasteiger partial charge in [-0.2, -0.15) is 0 Å². The maximum Gasteiger partial charge on any atom is 0.233 e. The normalized spacial score (nSPS) is 25.2. The summed E-state index contributed by atoms with van der Waals surface area (Å²) in [5, 5.41) is 0.418. The summed E-state index contributed by atoms with van der Waals surface area (Å²) in [4.78, 5) is 30.0. The van der Waals surface area contributed by atoms with E-state index in [1.54, 1.807) is 12.1 Å². The summed E-state index contributed by atoms with van der Waals surface area (Å²) in [6.45, 7) is 0.110. The number of pyridine rings is 1. The number of imide groups is 1. The number of hydrogen-bond acceptors (Lipinski definition) is 5. The molecule has 3 N–H and O–H groups in total. The minimum atomic E-state index is -0.142. The van der Waals surface area contributed by atoms with E-state index in [2.05, 4.69) is 10.4 Å². The van der Waals surface area contributed by atoms with Crippen LogP contribution in [0.5, 0.6) is 0 Å². The summed E-state index contributed by atoms with van der Waals surface area (Å²) in [5.74, 6) is 5.28. The molecule has 1 saturated heterocycles. The zero-order chi connectivity index (χ0) is 14.3. The first-order valence-electron chi connectivity index (χ1n) is 6.59. The standard InChI is InChI=1S/C13H15ClN4O2/c14-9-4-5-11(17-15)16-10(9)6-18-12(19)7-2-1-3-8(7)13(18)20/h4-5,7-8H,1-3,6,15H2,(H,16,17). The van der Waals surface area contributed by atoms with Crippen LogP contribution in [0, 0.1) is 11.8 Å². The van der Waals surface area contributed by atoms with E-state index < -0.39 is 0 Å². The van der Waals surface area contributed by atoms with Crippen molar-refractivity contribution in [1.29, 1.82) is 0 Å². The van der Waals surface area contributed by atoms with E-state index in [0.717, 1.165) is 19.3 Å². The van der Waals surface area contributed by atoms with Gasteiger partial charge >= 0.3 is 0 Å². The van der Waals surface area contributed by atoms with E-state index in [1.807, 2.05) is 0 Å². The molecule has 6 nitrogen and oxygen atoms in total. The zero-order valence-corrected chi connectivity index (χ0v) is 11.6. The number of likely N-dealkylation sites (tertiary alicyclic amines) is 1. The van der Waals surface area contributed by atoms with Gasteiger partial charge in [-0.1, -0.05) is 18.0 Å². The van der Waals surface area contributed by atoms with Crippen LogP contribution in [0.15, 0.2) is 12.1 Å². The van der Waals surface area contributed by atoms with E-state index in [4.69, 9.17) is 17.4 Å². The summed E-state index contributed by atoms with van der Waals surface area (Å²) in [6.07, 6.45) is 2.56. The lowest BCUT2D eigenvalue weighted by atomic mass is 10.00. The minimum absolute atomic E-state index is 0.0959. The number of anilines is 1. The Balaban J connectivity index is 1.85. The van der Waals surface area contributed by atoms with Gasteiger partial charge in [-0.25, -0.2) is 10.8 Å². The second kappa shape index (κ2) is 5.03. The highest BCUT2D eigenvalue weighted by atomic mass is 35.5. The number of nitrogens with zero attached hydrogens (tertiary/aromatic N) is 2. The molecule has 20 heavy (non-hydrogen) atoms. The molecule has 1 aliphatic heterocycles. The van der Waals surface area contributed by atoms with Crippen molar-refractivity contribution >= 4 is 29.2 Å². The number of aromatic nitrogens is 1. The van der Waals surface area contributed by atoms with Crippen molar-refractivity contribution in [3.8, 4) is 0 Å². The van der Waals surface area contributed by atoms with Crippen LogP contribution in [0.1, 0.15) is 25.0 Å². The molecular formula is C13H15ClN4O2. The molecule has 1 aliphatic carbocycles. The Labute approximate surface area is 121 Å². The molecule has 0 aromatic carbocycles. The van der Waals surface area contributed by atoms with Gasteiger partial charge in [0.1, 0.15) is 5.82 Å². The van der Waals surface area contributed by atoms with Crippen LogP contribution < -0.4 is 11.3 Å². The third kappa shape index (κ3) is 2.05. The highest BCUT2D eigenvalue weighted by molar-refractivity contribution is 6.31. The number of nitrogens with one attached hydrogen (secondary N) is 1. The molecule has 1 saturated carbocycles. The number of rotatable bonds is 3. The number of nitrogen functional groups attached to an aromatic ring is 1. The number of halogens is 1. The number of carbonyl (C=O) groups excluding carboxylic acids is 2. The Hall–Kier alpha value is -1.66. The molecule has 1 aromatic heterocycles. The van der Waals surface area contributed by atoms with Gasteiger partial charge in [-0.3, -0.25) is 14.5 Å². The molecule has 1 aromatic rings. The van der Waals surface area contributed by atoms with Crippen molar-refractivity contribution in [3.63, 3.8) is 0 Å². The minimum Gasteiger partial charge on any atom is -0.308 e. The predicted octanol–water partition coefficient (Wildman–Crippen LogP) is 1.31. The van der Waals surface area contributed by atoms with Crippen LogP contribution in [0.4, 0.5) is 5.82 Å². The van der Waals surface area contributed by atoms with E-state index in [1.165, 1.54) is 4.90 Å². The summed E-state index contributed by atoms with van der Waals surface area (Å²) in [7, 11) is 0. The molecule has 106 valence electrons. The van der Waals surface area contributed by atoms with Crippen LogP contribution >= 0.6 is 11.6 Å². The number of nitrogens with two attached hydrogens (primary N) is 1. The maximum absolute atomic E-state index is 12.3. The SMILES string of the molecule is NNc1ccc(Cl)c(CN2C(=O)C3CCCC3C2=O)n1. The third-order valence-corrected chi connectivity index (χ3v) is 4.40. The lowest BCUT2D eigenvalue weighted by Gasteiger charge is -2.16. The number of hydrogen-bond donors (Lipinski definition) is 2. The lowest BCUT2D eigenvalue weighted by Crippen LogP contribution is -2.31. The van der Waals surface area contributed by atoms with Crippen LogP contribution in [-0.2, 0) is 16.1 Å². The Morgan fingerprint density at radius 3 is 2.55 bits per heavy atom. The molecule has 2 heterocycles. The van der Waals surface area contributed by atoms with Crippen molar-refractivity contribution in [1.82, 2.24) is 9.88 Å². The molecule has 0 spiro atoms. The van der Waals surface area contributed by atoms with Crippen molar-refractivity contribution in [2.24, 2.45) is 17.7 Å². The van der Waals surface area contributed by atoms with Crippen LogP contribution in [0.25, 0.3) is 0 Å². The molecule has 2 fully saturated rings. The smallest absolute Gasteiger partial charge is 0.233 e. The van der Waals surface area contributed by atoms with Crippen molar-refractivity contribution in [2.75, 3.05) is 5.43 Å². The third-order valence-electron chi connectivity index (χ3n) is 4.06. The number of amides is 2. The first-order valence-corrected chi connectivity index (χ1v) is 6.97. The van der Waals surface area contributed by atoms with Crippen LogP contribution in [0.2, 0.25) is 5.02 Å². The highest BCUT2D eigenvalue weighted by Crippen LogP contribution is 2.40. The number of carbonyl (C=O) groups is 2. The molecule has 2 atom stereocenters. The first-order chi connectivity index (χ1) is 9.61. The molecule has 2 amide bonds. The number of hydrazine groups is 1. The summed E-state index contributed by atoms with van der Waals surface area (Å²) < 4.78 is 0. The maximum atomic E-state index is 12.3. The Morgan fingerprint density at radius 1 is 1.30 bits per heavy atom. The Bertz CT molecular complexity index is 555. The average Bonchev–Trinajstić information content (AvgIpc) is 3.01. The van der Waals surface area contributed by atoms with Crippen molar-refractivity contribution in [3.05, 3.63) is 22.8 Å². The fourth-order valence-corrected chi connectivity index (χ4v) is 3.21. The van der Waals surface area contributed by atoms with E-state index >= 15 is 0 Å². The van der Waals surface area contributed by atoms with Gasteiger partial charge in [0.25, 0.3) is 0 Å². The quantitative estimate of drug-likeness (QED) is 0.498. The average molecular weight is 295 g/mol. The molecular weight excluding hydrogens is 280 g/mol. The predicted molar refractivity (Wildman–Crippen MR) is 73.4 cm³/mol. The summed E-state index contributed by atoms with van der Waals surface area (Å²) in [6, 6.07) is 3.28. The van der Waals surface area contributed by atoms with Gasteiger partial charge in [-0.05, 0) is 25.0 Å². The highest BCUT2D eigenvalue weighted by Gasteiger charge is 2.49. The van der Waals surface area contributed by atoms with Crippen LogP contribution in [0.3, 0.4) is 0 Å². The molecule has 0 bridgehead atoms. The second-order valence-electron chi connectivity index (χ2n) is 5.18. The van der Waals surface area contributed by atoms with Gasteiger partial charge in [0.2, 0.25) is 11.8 Å². The van der Waals surface area contributed by atoms with E-state index in [9.17, 15) is 9.59 Å². The van der Waals surface area contributed by atoms with E-state index in [-0.39, 0.29) is 30.2 Å². The van der Waals surface area contributed by atoms with Gasteiger partial charge in [0, 0.05) is 0 Å². The number of fused-ring (bicyclic) bond motifs is 1. The monoisotopic (exact) mass is 294 g/mol. The molecule has 2 unspecified atom stereocenters. The van der Waals surface area contributed by atoms with Crippen molar-refractivity contribution < 1.29 is 9.59 Å². The van der Waals surface area contributed by atoms with E-state index in [0.29, 0.717) is 16.5 Å².